The first-order valence-corrected chi connectivity index (χ1v) is 6.52. The molecular formula is C14H24O2. The quantitative estimate of drug-likeness (QED) is 0.743. The zero-order valence-electron chi connectivity index (χ0n) is 10.9. The van der Waals surface area contributed by atoms with Crippen molar-refractivity contribution in [2.75, 3.05) is 0 Å². The molecule has 2 heteroatoms. The van der Waals surface area contributed by atoms with Gasteiger partial charge in [-0.15, -0.1) is 0 Å². The van der Waals surface area contributed by atoms with Crippen LogP contribution in [0.4, 0.5) is 0 Å². The highest BCUT2D eigenvalue weighted by Crippen LogP contribution is 2.59. The van der Waals surface area contributed by atoms with Crippen LogP contribution in [0.5, 0.6) is 0 Å². The van der Waals surface area contributed by atoms with Gasteiger partial charge in [-0.3, -0.25) is 4.79 Å². The lowest BCUT2D eigenvalue weighted by atomic mass is 9.56. The van der Waals surface area contributed by atoms with Gasteiger partial charge in [-0.25, -0.2) is 0 Å². The highest BCUT2D eigenvalue weighted by atomic mass is 16.3. The van der Waals surface area contributed by atoms with Gasteiger partial charge < -0.3 is 5.11 Å². The Labute approximate surface area is 98.4 Å². The van der Waals surface area contributed by atoms with E-state index in [0.29, 0.717) is 17.6 Å². The van der Waals surface area contributed by atoms with Crippen LogP contribution in [0.15, 0.2) is 0 Å². The third-order valence-corrected chi connectivity index (χ3v) is 5.73. The summed E-state index contributed by atoms with van der Waals surface area (Å²) in [6, 6.07) is 0. The largest absolute Gasteiger partial charge is 0.390 e. The van der Waals surface area contributed by atoms with Crippen LogP contribution in [-0.4, -0.2) is 16.5 Å². The van der Waals surface area contributed by atoms with Crippen LogP contribution in [0.3, 0.4) is 0 Å². The summed E-state index contributed by atoms with van der Waals surface area (Å²) >= 11 is 0. The van der Waals surface area contributed by atoms with E-state index in [2.05, 4.69) is 13.8 Å². The van der Waals surface area contributed by atoms with E-state index >= 15 is 0 Å². The van der Waals surface area contributed by atoms with Gasteiger partial charge in [-0.05, 0) is 56.8 Å². The van der Waals surface area contributed by atoms with E-state index in [-0.39, 0.29) is 11.3 Å². The zero-order valence-corrected chi connectivity index (χ0v) is 10.9. The van der Waals surface area contributed by atoms with Crippen LogP contribution < -0.4 is 0 Å². The molecule has 2 rings (SSSR count). The van der Waals surface area contributed by atoms with Gasteiger partial charge in [0.05, 0.1) is 5.60 Å². The van der Waals surface area contributed by atoms with Crippen molar-refractivity contribution in [2.45, 2.75) is 59.0 Å². The molecule has 0 radical (unpaired) electrons. The van der Waals surface area contributed by atoms with Crippen molar-refractivity contribution in [3.05, 3.63) is 0 Å². The second-order valence-corrected chi connectivity index (χ2v) is 6.49. The summed E-state index contributed by atoms with van der Waals surface area (Å²) in [5, 5.41) is 10.4. The van der Waals surface area contributed by atoms with Crippen LogP contribution in [0.2, 0.25) is 0 Å². The second kappa shape index (κ2) is 3.56. The maximum Gasteiger partial charge on any atom is 0.133 e. The molecule has 0 aliphatic heterocycles. The Balaban J connectivity index is 2.29. The van der Waals surface area contributed by atoms with Gasteiger partial charge in [0.2, 0.25) is 0 Å². The summed E-state index contributed by atoms with van der Waals surface area (Å²) in [6.07, 6.45) is 3.98. The maximum atomic E-state index is 11.6. The summed E-state index contributed by atoms with van der Waals surface area (Å²) in [5.41, 5.74) is -0.380. The Morgan fingerprint density at radius 2 is 1.88 bits per heavy atom. The summed E-state index contributed by atoms with van der Waals surface area (Å²) in [7, 11) is 0. The molecule has 92 valence electrons. The molecule has 0 spiro atoms. The molecule has 0 saturated heterocycles. The van der Waals surface area contributed by atoms with Crippen molar-refractivity contribution in [1.29, 1.82) is 0 Å². The molecule has 5 atom stereocenters. The molecule has 0 aromatic rings. The average molecular weight is 224 g/mol. The first kappa shape index (κ1) is 12.1. The van der Waals surface area contributed by atoms with Gasteiger partial charge in [0, 0.05) is 5.92 Å². The number of hydrogen-bond donors (Lipinski definition) is 1. The van der Waals surface area contributed by atoms with E-state index in [1.54, 1.807) is 6.92 Å². The molecule has 0 aromatic heterocycles. The summed E-state index contributed by atoms with van der Waals surface area (Å²) < 4.78 is 0. The van der Waals surface area contributed by atoms with Crippen LogP contribution in [0, 0.1) is 23.2 Å². The third kappa shape index (κ3) is 1.54. The fraction of sp³-hybridized carbons (Fsp3) is 0.929. The van der Waals surface area contributed by atoms with E-state index in [9.17, 15) is 9.90 Å². The van der Waals surface area contributed by atoms with E-state index in [1.165, 1.54) is 0 Å². The van der Waals surface area contributed by atoms with Crippen molar-refractivity contribution in [2.24, 2.45) is 23.2 Å². The number of Topliss-reactive ketones (excluding diaryl/α,β-unsaturated/α-hetero) is 1. The number of rotatable bonds is 1. The molecule has 0 amide bonds. The van der Waals surface area contributed by atoms with Crippen molar-refractivity contribution in [1.82, 2.24) is 0 Å². The Hall–Kier alpha value is -0.370. The molecule has 0 unspecified atom stereocenters. The standard InChI is InChI=1S/C14H24O2/c1-9(15)11-5-7-13(3)10(2)14(4,16)8-6-12(11)13/h10-12,16H,5-8H2,1-4H3/t10-,11+,12-,13+,14+/m0/s1. The Bertz CT molecular complexity index is 308. The number of carbonyl (C=O) groups is 1. The molecular weight excluding hydrogens is 200 g/mol. The van der Waals surface area contributed by atoms with Crippen molar-refractivity contribution in [3.8, 4) is 0 Å². The molecule has 2 aliphatic carbocycles. The van der Waals surface area contributed by atoms with Gasteiger partial charge in [-0.1, -0.05) is 13.8 Å². The number of hydrogen-bond acceptors (Lipinski definition) is 2. The average Bonchev–Trinajstić information content (AvgIpc) is 2.52. The molecule has 0 heterocycles. The highest BCUT2D eigenvalue weighted by Gasteiger charge is 2.56. The second-order valence-electron chi connectivity index (χ2n) is 6.49. The number of carbonyl (C=O) groups excluding carboxylic acids is 1. The predicted molar refractivity (Wildman–Crippen MR) is 64.0 cm³/mol. The maximum absolute atomic E-state index is 11.6. The molecule has 0 aromatic carbocycles. The Kier molecular flexibility index (Phi) is 2.69. The van der Waals surface area contributed by atoms with Crippen molar-refractivity contribution < 1.29 is 9.90 Å². The van der Waals surface area contributed by atoms with Gasteiger partial charge in [0.15, 0.2) is 0 Å². The number of ketones is 1. The van der Waals surface area contributed by atoms with E-state index < -0.39 is 5.60 Å². The third-order valence-electron chi connectivity index (χ3n) is 5.73. The molecule has 2 nitrogen and oxygen atoms in total. The van der Waals surface area contributed by atoms with Crippen molar-refractivity contribution >= 4 is 5.78 Å². The molecule has 2 fully saturated rings. The van der Waals surface area contributed by atoms with E-state index in [4.69, 9.17) is 0 Å². The van der Waals surface area contributed by atoms with E-state index in [1.807, 2.05) is 6.92 Å². The first-order valence-electron chi connectivity index (χ1n) is 6.52. The molecule has 1 N–H and O–H groups in total. The number of aliphatic hydroxyl groups is 1. The van der Waals surface area contributed by atoms with Crippen LogP contribution in [0.1, 0.15) is 53.4 Å². The minimum absolute atomic E-state index is 0.165. The SMILES string of the molecule is CC(=O)[C@H]1CC[C@@]2(C)[C@H]1CC[C@@](C)(O)[C@H]2C. The molecule has 2 aliphatic rings. The van der Waals surface area contributed by atoms with E-state index in [0.717, 1.165) is 25.7 Å². The monoisotopic (exact) mass is 224 g/mol. The number of fused-ring (bicyclic) bond motifs is 1. The van der Waals surface area contributed by atoms with Crippen molar-refractivity contribution in [3.63, 3.8) is 0 Å². The lowest BCUT2D eigenvalue weighted by Crippen LogP contribution is -2.50. The van der Waals surface area contributed by atoms with Crippen LogP contribution in [-0.2, 0) is 4.79 Å². The molecule has 2 saturated carbocycles. The Morgan fingerprint density at radius 3 is 2.44 bits per heavy atom. The zero-order chi connectivity index (χ0) is 12.1. The van der Waals surface area contributed by atoms with Crippen LogP contribution >= 0.6 is 0 Å². The summed E-state index contributed by atoms with van der Waals surface area (Å²) in [6.45, 7) is 8.13. The van der Waals surface area contributed by atoms with Gasteiger partial charge in [0.1, 0.15) is 5.78 Å². The fourth-order valence-electron chi connectivity index (χ4n) is 4.24. The minimum atomic E-state index is -0.545. The minimum Gasteiger partial charge on any atom is -0.390 e. The molecule has 16 heavy (non-hydrogen) atoms. The lowest BCUT2D eigenvalue weighted by molar-refractivity contribution is -0.131. The van der Waals surface area contributed by atoms with Gasteiger partial charge in [0.25, 0.3) is 0 Å². The predicted octanol–water partition coefficient (Wildman–Crippen LogP) is 2.79. The Morgan fingerprint density at radius 1 is 1.25 bits per heavy atom. The van der Waals surface area contributed by atoms with Gasteiger partial charge >= 0.3 is 0 Å². The summed E-state index contributed by atoms with van der Waals surface area (Å²) in [5.74, 6) is 1.40. The smallest absolute Gasteiger partial charge is 0.133 e. The van der Waals surface area contributed by atoms with Crippen LogP contribution in [0.25, 0.3) is 0 Å². The summed E-state index contributed by atoms with van der Waals surface area (Å²) in [4.78, 5) is 11.6. The molecule has 0 bridgehead atoms. The fourth-order valence-corrected chi connectivity index (χ4v) is 4.24. The van der Waals surface area contributed by atoms with Gasteiger partial charge in [-0.2, -0.15) is 0 Å². The topological polar surface area (TPSA) is 37.3 Å². The first-order chi connectivity index (χ1) is 7.29. The lowest BCUT2D eigenvalue weighted by Gasteiger charge is -2.51. The highest BCUT2D eigenvalue weighted by molar-refractivity contribution is 5.79. The normalized spacial score (nSPS) is 52.4.